The summed E-state index contributed by atoms with van der Waals surface area (Å²) >= 11 is 6.02. The van der Waals surface area contributed by atoms with Crippen LogP contribution in [0.5, 0.6) is 0 Å². The number of anilines is 1. The Morgan fingerprint density at radius 2 is 1.62 bits per heavy atom. The Morgan fingerprint density at radius 1 is 1.00 bits per heavy atom. The number of carbonyl (C=O) groups is 1. The molecule has 1 aliphatic carbocycles. The molecule has 1 aliphatic heterocycles. The number of amides is 1. The summed E-state index contributed by atoms with van der Waals surface area (Å²) in [5.74, 6) is -0.348. The highest BCUT2D eigenvalue weighted by atomic mass is 35.5. The minimum Gasteiger partial charge on any atom is -0.325 e. The second kappa shape index (κ2) is 9.24. The molecule has 154 valence electrons. The number of halogens is 2. The average Bonchev–Trinajstić information content (AvgIpc) is 3.55. The quantitative estimate of drug-likeness (QED) is 0.720. The van der Waals surface area contributed by atoms with Crippen molar-refractivity contribution in [3.05, 3.63) is 64.9 Å². The summed E-state index contributed by atoms with van der Waals surface area (Å²) in [5, 5.41) is 3.62. The van der Waals surface area contributed by atoms with E-state index in [-0.39, 0.29) is 11.7 Å². The third kappa shape index (κ3) is 5.78. The molecule has 0 atom stereocenters. The molecule has 0 aromatic heterocycles. The highest BCUT2D eigenvalue weighted by Gasteiger charge is 2.35. The van der Waals surface area contributed by atoms with Crippen LogP contribution in [0.1, 0.15) is 31.2 Å². The lowest BCUT2D eigenvalue weighted by molar-refractivity contribution is -0.117. The first-order chi connectivity index (χ1) is 14.1. The largest absolute Gasteiger partial charge is 0.325 e. The summed E-state index contributed by atoms with van der Waals surface area (Å²) < 4.78 is 13.0. The van der Waals surface area contributed by atoms with Gasteiger partial charge in [-0.05, 0) is 67.6 Å². The lowest BCUT2D eigenvalue weighted by Crippen LogP contribution is -2.47. The standard InChI is InChI=1S/C23H27ClFN3O/c24-18-3-1-17(2-4-18)15-28(21-9-10-21)22-11-13-27(14-12-22)16-23(29)26-20-7-5-19(25)6-8-20/h1-8,21-22H,9-16H2,(H,26,29). The lowest BCUT2D eigenvalue weighted by atomic mass is 10.0. The zero-order chi connectivity index (χ0) is 20.2. The van der Waals surface area contributed by atoms with Gasteiger partial charge in [-0.3, -0.25) is 14.6 Å². The van der Waals surface area contributed by atoms with E-state index >= 15 is 0 Å². The molecular weight excluding hydrogens is 389 g/mol. The monoisotopic (exact) mass is 415 g/mol. The number of benzene rings is 2. The number of nitrogens with one attached hydrogen (secondary N) is 1. The lowest BCUT2D eigenvalue weighted by Gasteiger charge is -2.38. The minimum absolute atomic E-state index is 0.0460. The predicted octanol–water partition coefficient (Wildman–Crippen LogP) is 4.55. The predicted molar refractivity (Wildman–Crippen MR) is 115 cm³/mol. The van der Waals surface area contributed by atoms with Crippen LogP contribution in [0.2, 0.25) is 5.02 Å². The first-order valence-corrected chi connectivity index (χ1v) is 10.7. The van der Waals surface area contributed by atoms with Gasteiger partial charge < -0.3 is 5.32 Å². The highest BCUT2D eigenvalue weighted by molar-refractivity contribution is 6.30. The maximum Gasteiger partial charge on any atom is 0.238 e. The summed E-state index contributed by atoms with van der Waals surface area (Å²) in [7, 11) is 0. The maximum absolute atomic E-state index is 13.0. The van der Waals surface area contributed by atoms with E-state index in [0.717, 1.165) is 37.5 Å². The number of hydrogen-bond acceptors (Lipinski definition) is 3. The van der Waals surface area contributed by atoms with Crippen LogP contribution in [0, 0.1) is 5.82 Å². The average molecular weight is 416 g/mol. The number of likely N-dealkylation sites (tertiary alicyclic amines) is 1. The molecule has 0 unspecified atom stereocenters. The fourth-order valence-corrected chi connectivity index (χ4v) is 4.24. The molecule has 2 fully saturated rings. The van der Waals surface area contributed by atoms with E-state index in [1.165, 1.54) is 30.5 Å². The van der Waals surface area contributed by atoms with Crippen LogP contribution in [0.3, 0.4) is 0 Å². The third-order valence-corrected chi connectivity index (χ3v) is 6.07. The summed E-state index contributed by atoms with van der Waals surface area (Å²) in [6.07, 6.45) is 4.73. The normalized spacial score (nSPS) is 18.2. The summed E-state index contributed by atoms with van der Waals surface area (Å²) in [6, 6.07) is 15.3. The minimum atomic E-state index is -0.302. The maximum atomic E-state index is 13.0. The topological polar surface area (TPSA) is 35.6 Å². The molecule has 4 nitrogen and oxygen atoms in total. The highest BCUT2D eigenvalue weighted by Crippen LogP contribution is 2.33. The van der Waals surface area contributed by atoms with Gasteiger partial charge in [-0.1, -0.05) is 23.7 Å². The van der Waals surface area contributed by atoms with Crippen molar-refractivity contribution in [1.82, 2.24) is 9.80 Å². The molecule has 1 amide bonds. The van der Waals surface area contributed by atoms with Gasteiger partial charge in [-0.15, -0.1) is 0 Å². The Hall–Kier alpha value is -1.95. The second-order valence-electron chi connectivity index (χ2n) is 8.09. The molecular formula is C23H27ClFN3O. The van der Waals surface area contributed by atoms with Crippen molar-refractivity contribution in [2.24, 2.45) is 0 Å². The Morgan fingerprint density at radius 3 is 2.24 bits per heavy atom. The zero-order valence-electron chi connectivity index (χ0n) is 16.5. The number of piperidine rings is 1. The summed E-state index contributed by atoms with van der Waals surface area (Å²) in [4.78, 5) is 17.2. The fraction of sp³-hybridized carbons (Fsp3) is 0.435. The molecule has 29 heavy (non-hydrogen) atoms. The van der Waals surface area contributed by atoms with Gasteiger partial charge in [0.1, 0.15) is 5.82 Å². The molecule has 4 rings (SSSR count). The number of nitrogens with zero attached hydrogens (tertiary/aromatic N) is 2. The van der Waals surface area contributed by atoms with Crippen molar-refractivity contribution >= 4 is 23.2 Å². The van der Waals surface area contributed by atoms with Gasteiger partial charge in [0.2, 0.25) is 5.91 Å². The van der Waals surface area contributed by atoms with Gasteiger partial charge in [0.15, 0.2) is 0 Å². The Balaban J connectivity index is 1.27. The molecule has 6 heteroatoms. The van der Waals surface area contributed by atoms with Crippen LogP contribution in [0.15, 0.2) is 48.5 Å². The molecule has 2 aromatic rings. The van der Waals surface area contributed by atoms with Crippen LogP contribution in [0.25, 0.3) is 0 Å². The Labute approximate surface area is 176 Å². The van der Waals surface area contributed by atoms with E-state index in [9.17, 15) is 9.18 Å². The van der Waals surface area contributed by atoms with E-state index < -0.39 is 0 Å². The number of hydrogen-bond donors (Lipinski definition) is 1. The van der Waals surface area contributed by atoms with Crippen LogP contribution in [-0.4, -0.2) is 47.4 Å². The van der Waals surface area contributed by atoms with Crippen molar-refractivity contribution < 1.29 is 9.18 Å². The molecule has 1 saturated heterocycles. The summed E-state index contributed by atoms with van der Waals surface area (Å²) in [6.45, 7) is 3.19. The van der Waals surface area contributed by atoms with E-state index in [1.54, 1.807) is 12.1 Å². The Kier molecular flexibility index (Phi) is 6.48. The molecule has 2 aromatic carbocycles. The van der Waals surface area contributed by atoms with Crippen molar-refractivity contribution in [2.75, 3.05) is 25.0 Å². The van der Waals surface area contributed by atoms with Crippen LogP contribution >= 0.6 is 11.6 Å². The van der Waals surface area contributed by atoms with E-state index in [1.807, 2.05) is 12.1 Å². The van der Waals surface area contributed by atoms with E-state index in [4.69, 9.17) is 11.6 Å². The van der Waals surface area contributed by atoms with Crippen LogP contribution in [0.4, 0.5) is 10.1 Å². The zero-order valence-corrected chi connectivity index (χ0v) is 17.2. The van der Waals surface area contributed by atoms with Crippen molar-refractivity contribution in [3.63, 3.8) is 0 Å². The van der Waals surface area contributed by atoms with Crippen LogP contribution < -0.4 is 5.32 Å². The number of rotatable bonds is 7. The van der Waals surface area contributed by atoms with Crippen molar-refractivity contribution in [3.8, 4) is 0 Å². The molecule has 0 bridgehead atoms. The van der Waals surface area contributed by atoms with Crippen molar-refractivity contribution in [2.45, 2.75) is 44.3 Å². The SMILES string of the molecule is O=C(CN1CCC(N(Cc2ccc(Cl)cc2)C2CC2)CC1)Nc1ccc(F)cc1. The molecule has 0 radical (unpaired) electrons. The van der Waals surface area contributed by atoms with Crippen LogP contribution in [-0.2, 0) is 11.3 Å². The second-order valence-corrected chi connectivity index (χ2v) is 8.53. The first-order valence-electron chi connectivity index (χ1n) is 10.3. The number of carbonyl (C=O) groups excluding carboxylic acids is 1. The van der Waals surface area contributed by atoms with E-state index in [0.29, 0.717) is 24.3 Å². The summed E-state index contributed by atoms with van der Waals surface area (Å²) in [5.41, 5.74) is 1.94. The van der Waals surface area contributed by atoms with Gasteiger partial charge in [-0.2, -0.15) is 0 Å². The smallest absolute Gasteiger partial charge is 0.238 e. The Bertz CT molecular complexity index is 815. The van der Waals surface area contributed by atoms with Gasteiger partial charge in [-0.25, -0.2) is 4.39 Å². The third-order valence-electron chi connectivity index (χ3n) is 5.82. The molecule has 1 heterocycles. The first kappa shape index (κ1) is 20.3. The van der Waals surface area contributed by atoms with E-state index in [2.05, 4.69) is 27.2 Å². The van der Waals surface area contributed by atoms with Gasteiger partial charge in [0, 0.05) is 42.4 Å². The van der Waals surface area contributed by atoms with Gasteiger partial charge >= 0.3 is 0 Å². The molecule has 1 saturated carbocycles. The fourth-order valence-electron chi connectivity index (χ4n) is 4.11. The molecule has 1 N–H and O–H groups in total. The van der Waals surface area contributed by atoms with Crippen molar-refractivity contribution in [1.29, 1.82) is 0 Å². The van der Waals surface area contributed by atoms with Gasteiger partial charge in [0.05, 0.1) is 6.54 Å². The van der Waals surface area contributed by atoms with Gasteiger partial charge in [0.25, 0.3) is 0 Å². The molecule has 2 aliphatic rings. The molecule has 0 spiro atoms.